The monoisotopic (exact) mass is 426 g/mol. The second-order valence-corrected chi connectivity index (χ2v) is 10.5. The molecule has 0 aromatic heterocycles. The van der Waals surface area contributed by atoms with Gasteiger partial charge in [-0.1, -0.05) is 43.7 Å². The standard InChI is InChI=1S/C21H31ClN2O3S/c22-19-8-10-20(11-9-19)28(26,27)24-14-12-17(13-15-24)16-23-21(25)18-6-4-2-1-3-5-7-18/h8-11,17-18H,1-7,12-16H2,(H,23,25). The molecule has 28 heavy (non-hydrogen) atoms. The molecule has 0 spiro atoms. The van der Waals surface area contributed by atoms with E-state index in [0.717, 1.165) is 38.5 Å². The molecule has 156 valence electrons. The summed E-state index contributed by atoms with van der Waals surface area (Å²) in [5.74, 6) is 0.693. The molecule has 2 aliphatic rings. The molecule has 0 radical (unpaired) electrons. The molecule has 7 heteroatoms. The average Bonchev–Trinajstić information content (AvgIpc) is 2.66. The van der Waals surface area contributed by atoms with E-state index in [1.807, 2.05) is 0 Å². The molecule has 1 saturated carbocycles. The van der Waals surface area contributed by atoms with Gasteiger partial charge in [-0.25, -0.2) is 8.42 Å². The SMILES string of the molecule is O=C(NCC1CCN(S(=O)(=O)c2ccc(Cl)cc2)CC1)C1CCCCCCC1. The van der Waals surface area contributed by atoms with Gasteiger partial charge in [0.15, 0.2) is 0 Å². The van der Waals surface area contributed by atoms with Crippen LogP contribution in [-0.2, 0) is 14.8 Å². The van der Waals surface area contributed by atoms with Crippen LogP contribution in [0, 0.1) is 11.8 Å². The summed E-state index contributed by atoms with van der Waals surface area (Å²) >= 11 is 5.86. The van der Waals surface area contributed by atoms with Crippen molar-refractivity contribution in [3.8, 4) is 0 Å². The molecule has 1 amide bonds. The van der Waals surface area contributed by atoms with Gasteiger partial charge in [0.1, 0.15) is 0 Å². The fraction of sp³-hybridized carbons (Fsp3) is 0.667. The van der Waals surface area contributed by atoms with Crippen LogP contribution in [0.2, 0.25) is 5.02 Å². The molecule has 1 aliphatic carbocycles. The highest BCUT2D eigenvalue weighted by molar-refractivity contribution is 7.89. The first kappa shape index (κ1) is 21.6. The van der Waals surface area contributed by atoms with Gasteiger partial charge in [0.25, 0.3) is 0 Å². The number of piperidine rings is 1. The van der Waals surface area contributed by atoms with E-state index >= 15 is 0 Å². The van der Waals surface area contributed by atoms with Crippen LogP contribution in [0.5, 0.6) is 0 Å². The van der Waals surface area contributed by atoms with E-state index in [4.69, 9.17) is 11.6 Å². The Balaban J connectivity index is 1.46. The van der Waals surface area contributed by atoms with Gasteiger partial charge in [0.2, 0.25) is 15.9 Å². The predicted octanol–water partition coefficient (Wildman–Crippen LogP) is 4.22. The lowest BCUT2D eigenvalue weighted by Crippen LogP contribution is -2.42. The van der Waals surface area contributed by atoms with Crippen molar-refractivity contribution in [3.05, 3.63) is 29.3 Å². The van der Waals surface area contributed by atoms with Crippen molar-refractivity contribution < 1.29 is 13.2 Å². The summed E-state index contributed by atoms with van der Waals surface area (Å²) in [5, 5.41) is 3.67. The molecule has 1 saturated heterocycles. The summed E-state index contributed by atoms with van der Waals surface area (Å²) in [7, 11) is -3.47. The molecule has 1 aromatic carbocycles. The molecule has 1 N–H and O–H groups in total. The van der Waals surface area contributed by atoms with Gasteiger partial charge in [-0.3, -0.25) is 4.79 Å². The van der Waals surface area contributed by atoms with E-state index in [1.165, 1.54) is 19.3 Å². The number of nitrogens with zero attached hydrogens (tertiary/aromatic N) is 1. The van der Waals surface area contributed by atoms with E-state index in [2.05, 4.69) is 5.32 Å². The first-order valence-electron chi connectivity index (χ1n) is 10.5. The zero-order chi connectivity index (χ0) is 20.0. The van der Waals surface area contributed by atoms with Crippen LogP contribution in [0.15, 0.2) is 29.2 Å². The fourth-order valence-electron chi connectivity index (χ4n) is 4.22. The van der Waals surface area contributed by atoms with Crippen molar-refractivity contribution in [1.29, 1.82) is 0 Å². The third-order valence-corrected chi connectivity index (χ3v) is 8.23. The number of benzene rings is 1. The second kappa shape index (κ2) is 10.1. The molecule has 0 atom stereocenters. The molecule has 1 aromatic rings. The first-order valence-corrected chi connectivity index (χ1v) is 12.3. The smallest absolute Gasteiger partial charge is 0.243 e. The van der Waals surface area contributed by atoms with Gasteiger partial charge in [-0.05, 0) is 55.9 Å². The van der Waals surface area contributed by atoms with Crippen LogP contribution in [0.25, 0.3) is 0 Å². The third kappa shape index (κ3) is 5.71. The fourth-order valence-corrected chi connectivity index (χ4v) is 5.81. The molecule has 0 bridgehead atoms. The summed E-state index contributed by atoms with van der Waals surface area (Å²) in [6, 6.07) is 6.32. The topological polar surface area (TPSA) is 66.5 Å². The number of sulfonamides is 1. The Labute approximate surface area is 173 Å². The highest BCUT2D eigenvalue weighted by atomic mass is 35.5. The Bertz CT molecular complexity index is 735. The number of hydrogen-bond acceptors (Lipinski definition) is 3. The number of nitrogens with one attached hydrogen (secondary N) is 1. The third-order valence-electron chi connectivity index (χ3n) is 6.07. The lowest BCUT2D eigenvalue weighted by molar-refractivity contribution is -0.125. The number of carbonyl (C=O) groups excluding carboxylic acids is 1. The van der Waals surface area contributed by atoms with Crippen LogP contribution in [0.3, 0.4) is 0 Å². The molecule has 2 fully saturated rings. The van der Waals surface area contributed by atoms with E-state index in [1.54, 1.807) is 28.6 Å². The van der Waals surface area contributed by atoms with Crippen LogP contribution in [0.4, 0.5) is 0 Å². The molecule has 0 unspecified atom stereocenters. The zero-order valence-corrected chi connectivity index (χ0v) is 18.0. The minimum absolute atomic E-state index is 0.158. The molecular weight excluding hydrogens is 396 g/mol. The maximum absolute atomic E-state index is 12.8. The van der Waals surface area contributed by atoms with Gasteiger partial charge in [-0.15, -0.1) is 0 Å². The number of carbonyl (C=O) groups is 1. The van der Waals surface area contributed by atoms with Crippen LogP contribution in [0.1, 0.15) is 57.8 Å². The molecule has 5 nitrogen and oxygen atoms in total. The van der Waals surface area contributed by atoms with E-state index in [-0.39, 0.29) is 16.7 Å². The molecule has 1 heterocycles. The van der Waals surface area contributed by atoms with Gasteiger partial charge in [0.05, 0.1) is 4.90 Å². The van der Waals surface area contributed by atoms with E-state index < -0.39 is 10.0 Å². The normalized spacial score (nSPS) is 21.0. The Morgan fingerprint density at radius 3 is 2.14 bits per heavy atom. The minimum Gasteiger partial charge on any atom is -0.356 e. The van der Waals surface area contributed by atoms with E-state index in [0.29, 0.717) is 30.6 Å². The van der Waals surface area contributed by atoms with Crippen molar-refractivity contribution in [2.45, 2.75) is 62.7 Å². The Morgan fingerprint density at radius 1 is 0.964 bits per heavy atom. The lowest BCUT2D eigenvalue weighted by Gasteiger charge is -2.31. The largest absolute Gasteiger partial charge is 0.356 e. The van der Waals surface area contributed by atoms with Gasteiger partial charge in [0, 0.05) is 30.6 Å². The van der Waals surface area contributed by atoms with Crippen LogP contribution >= 0.6 is 11.6 Å². The summed E-state index contributed by atoms with van der Waals surface area (Å²) < 4.78 is 27.0. The number of halogens is 1. The van der Waals surface area contributed by atoms with Gasteiger partial charge >= 0.3 is 0 Å². The predicted molar refractivity (Wildman–Crippen MR) is 112 cm³/mol. The average molecular weight is 427 g/mol. The molecule has 1 aliphatic heterocycles. The van der Waals surface area contributed by atoms with Crippen molar-refractivity contribution in [1.82, 2.24) is 9.62 Å². The quantitative estimate of drug-likeness (QED) is 0.766. The lowest BCUT2D eigenvalue weighted by atomic mass is 9.90. The minimum atomic E-state index is -3.47. The van der Waals surface area contributed by atoms with Crippen molar-refractivity contribution >= 4 is 27.5 Å². The zero-order valence-electron chi connectivity index (χ0n) is 16.4. The van der Waals surface area contributed by atoms with Gasteiger partial charge < -0.3 is 5.32 Å². The molecular formula is C21H31ClN2O3S. The number of amides is 1. The Hall–Kier alpha value is -1.11. The maximum Gasteiger partial charge on any atom is 0.243 e. The molecule has 3 rings (SSSR count). The van der Waals surface area contributed by atoms with Gasteiger partial charge in [-0.2, -0.15) is 4.31 Å². The maximum atomic E-state index is 12.8. The number of hydrogen-bond donors (Lipinski definition) is 1. The highest BCUT2D eigenvalue weighted by Gasteiger charge is 2.30. The van der Waals surface area contributed by atoms with Crippen molar-refractivity contribution in [2.24, 2.45) is 11.8 Å². The second-order valence-electron chi connectivity index (χ2n) is 8.09. The van der Waals surface area contributed by atoms with Crippen molar-refractivity contribution in [2.75, 3.05) is 19.6 Å². The summed E-state index contributed by atoms with van der Waals surface area (Å²) in [6.45, 7) is 1.65. The van der Waals surface area contributed by atoms with E-state index in [9.17, 15) is 13.2 Å². The summed E-state index contributed by atoms with van der Waals surface area (Å²) in [5.41, 5.74) is 0. The van der Waals surface area contributed by atoms with Crippen LogP contribution in [-0.4, -0.2) is 38.3 Å². The van der Waals surface area contributed by atoms with Crippen molar-refractivity contribution in [3.63, 3.8) is 0 Å². The Morgan fingerprint density at radius 2 is 1.54 bits per heavy atom. The summed E-state index contributed by atoms with van der Waals surface area (Å²) in [4.78, 5) is 12.8. The number of rotatable bonds is 5. The van der Waals surface area contributed by atoms with Crippen LogP contribution < -0.4 is 5.32 Å². The highest BCUT2D eigenvalue weighted by Crippen LogP contribution is 2.25. The Kier molecular flexibility index (Phi) is 7.77. The summed E-state index contributed by atoms with van der Waals surface area (Å²) in [6.07, 6.45) is 9.64. The first-order chi connectivity index (χ1) is 13.5.